The number of ether oxygens (including phenoxy) is 4. The van der Waals surface area contributed by atoms with Gasteiger partial charge in [-0.1, -0.05) is 8.93 Å². The van der Waals surface area contributed by atoms with E-state index in [1.807, 2.05) is 6.07 Å². The van der Waals surface area contributed by atoms with Crippen LogP contribution >= 0.6 is 41.7 Å². The minimum atomic E-state index is -0.212. The number of pyridine rings is 1. The minimum absolute atomic E-state index is 0.0469. The van der Waals surface area contributed by atoms with Gasteiger partial charge in [0.05, 0.1) is 37.3 Å². The van der Waals surface area contributed by atoms with Crippen LogP contribution in [0.2, 0.25) is 0 Å². The lowest BCUT2D eigenvalue weighted by atomic mass is 10.1. The Hall–Kier alpha value is -1.52. The largest absolute Gasteiger partial charge is 0.475 e. The third-order valence-electron chi connectivity index (χ3n) is 4.80. The van der Waals surface area contributed by atoms with Crippen LogP contribution in [-0.4, -0.2) is 61.8 Å². The number of hydrogen-bond donors (Lipinski definition) is 1. The molecule has 1 saturated heterocycles. The first-order chi connectivity index (χ1) is 15.7. The second-order valence-corrected chi connectivity index (χ2v) is 9.87. The molecule has 1 aromatic carbocycles. The van der Waals surface area contributed by atoms with E-state index >= 15 is 0 Å². The zero-order valence-electron chi connectivity index (χ0n) is 17.2. The normalized spacial score (nSPS) is 17.8. The first-order valence-corrected chi connectivity index (χ1v) is 14.1. The molecule has 2 aromatic rings. The molecule has 32 heavy (non-hydrogen) atoms. The Morgan fingerprint density at radius 3 is 2.94 bits per heavy atom. The molecular formula is C21H23ClIN3O5S. The number of halogens is 2. The smallest absolute Gasteiger partial charge is 0.225 e. The van der Waals surface area contributed by atoms with E-state index in [0.717, 1.165) is 16.5 Å². The van der Waals surface area contributed by atoms with E-state index in [-0.39, 0.29) is 31.3 Å². The van der Waals surface area contributed by atoms with Gasteiger partial charge in [-0.3, -0.25) is 4.79 Å². The maximum absolute atomic E-state index is 12.1. The summed E-state index contributed by atoms with van der Waals surface area (Å²) in [6, 6.07) is 7.30. The van der Waals surface area contributed by atoms with Crippen LogP contribution < -0.4 is 14.8 Å². The maximum atomic E-state index is 12.1. The highest BCUT2D eigenvalue weighted by atomic mass is 127. The fourth-order valence-electron chi connectivity index (χ4n) is 3.29. The average molecular weight is 592 g/mol. The third-order valence-corrected chi connectivity index (χ3v) is 6.60. The molecule has 0 aliphatic carbocycles. The quantitative estimate of drug-likeness (QED) is 0.163. The van der Waals surface area contributed by atoms with Crippen molar-refractivity contribution in [3.05, 3.63) is 30.0 Å². The molecule has 1 aromatic heterocycles. The summed E-state index contributed by atoms with van der Waals surface area (Å²) in [5.41, 5.74) is 0.407. The number of hydrogen-bond acceptors (Lipinski definition) is 8. The molecule has 0 radical (unpaired) electrons. The van der Waals surface area contributed by atoms with Crippen LogP contribution in [0.25, 0.3) is 10.8 Å². The van der Waals surface area contributed by atoms with E-state index in [9.17, 15) is 10.1 Å². The lowest BCUT2D eigenvalue weighted by molar-refractivity contribution is -0.124. The predicted octanol–water partition coefficient (Wildman–Crippen LogP) is 3.68. The van der Waals surface area contributed by atoms with Gasteiger partial charge in [0.25, 0.3) is 0 Å². The molecule has 3 rings (SSSR count). The number of nitrogens with one attached hydrogen (secondary N) is 1. The van der Waals surface area contributed by atoms with Crippen molar-refractivity contribution in [2.45, 2.75) is 12.5 Å². The summed E-state index contributed by atoms with van der Waals surface area (Å²) in [7, 11) is 1.65. The lowest BCUT2D eigenvalue weighted by Gasteiger charge is -2.14. The van der Waals surface area contributed by atoms with E-state index in [1.165, 1.54) is 0 Å². The van der Waals surface area contributed by atoms with Gasteiger partial charge in [-0.2, -0.15) is 5.26 Å². The van der Waals surface area contributed by atoms with Crippen LogP contribution in [0, 0.1) is 17.2 Å². The fraction of sp³-hybridized carbons (Fsp3) is 0.476. The zero-order chi connectivity index (χ0) is 22.8. The monoisotopic (exact) mass is 591 g/mol. The van der Waals surface area contributed by atoms with E-state index < -0.39 is 0 Å². The van der Waals surface area contributed by atoms with Crippen LogP contribution in [0.15, 0.2) is 24.4 Å². The topological polar surface area (TPSA) is 103 Å². The SMILES string of the molecule is N#Cc1cc2ccnc(OC[C@@H]3C[C@H](COCCCl)C(=O)N3)c2cc1OCOCCSI. The summed E-state index contributed by atoms with van der Waals surface area (Å²) >= 11 is 7.81. The van der Waals surface area contributed by atoms with Crippen LogP contribution in [-0.2, 0) is 14.3 Å². The highest BCUT2D eigenvalue weighted by Gasteiger charge is 2.32. The van der Waals surface area contributed by atoms with Gasteiger partial charge in [0.15, 0.2) is 6.79 Å². The fourth-order valence-corrected chi connectivity index (χ4v) is 4.12. The standard InChI is InChI=1S/C21H23ClIN3O5S/c22-2-4-28-11-16-8-17(26-20(16)27)12-30-21-18-9-19(31-13-29-5-6-32-23)15(10-24)7-14(18)1-3-25-21/h1,3,7,9,16-17H,2,4-6,8,11-13H2,(H,26,27)/t16-,17+/m1/s1. The molecule has 172 valence electrons. The Balaban J connectivity index is 1.65. The summed E-state index contributed by atoms with van der Waals surface area (Å²) in [4.78, 5) is 16.5. The van der Waals surface area contributed by atoms with E-state index in [1.54, 1.807) is 27.3 Å². The molecule has 1 aliphatic rings. The number of fused-ring (bicyclic) bond motifs is 1. The van der Waals surface area contributed by atoms with Gasteiger partial charge in [-0.25, -0.2) is 4.98 Å². The van der Waals surface area contributed by atoms with Crippen molar-refractivity contribution < 1.29 is 23.7 Å². The van der Waals surface area contributed by atoms with Crippen molar-refractivity contribution >= 4 is 58.4 Å². The summed E-state index contributed by atoms with van der Waals surface area (Å²) in [5.74, 6) is 1.81. The Kier molecular flexibility index (Phi) is 10.4. The van der Waals surface area contributed by atoms with Gasteiger partial charge in [0, 0.05) is 23.2 Å². The molecule has 0 bridgehead atoms. The number of carbonyl (C=O) groups is 1. The van der Waals surface area contributed by atoms with Crippen molar-refractivity contribution in [2.24, 2.45) is 5.92 Å². The average Bonchev–Trinajstić information content (AvgIpc) is 3.16. The van der Waals surface area contributed by atoms with Gasteiger partial charge >= 0.3 is 0 Å². The van der Waals surface area contributed by atoms with Crippen LogP contribution in [0.1, 0.15) is 12.0 Å². The highest BCUT2D eigenvalue weighted by molar-refractivity contribution is 14.2. The van der Waals surface area contributed by atoms with Gasteiger partial charge in [0.1, 0.15) is 18.4 Å². The third kappa shape index (κ3) is 6.99. The van der Waals surface area contributed by atoms with Crippen LogP contribution in [0.3, 0.4) is 0 Å². The summed E-state index contributed by atoms with van der Waals surface area (Å²) < 4.78 is 22.4. The van der Waals surface area contributed by atoms with Crippen molar-refractivity contribution in [3.8, 4) is 17.7 Å². The molecular weight excluding hydrogens is 569 g/mol. The molecule has 2 atom stereocenters. The maximum Gasteiger partial charge on any atom is 0.225 e. The van der Waals surface area contributed by atoms with E-state index in [4.69, 9.17) is 30.5 Å². The number of nitriles is 1. The number of carbonyl (C=O) groups excluding carboxylic acids is 1. The second-order valence-electron chi connectivity index (χ2n) is 6.99. The highest BCUT2D eigenvalue weighted by Crippen LogP contribution is 2.31. The number of aromatic nitrogens is 1. The van der Waals surface area contributed by atoms with Crippen molar-refractivity contribution in [2.75, 3.05) is 44.9 Å². The molecule has 1 N–H and O–H groups in total. The summed E-state index contributed by atoms with van der Waals surface area (Å²) in [6.45, 7) is 1.65. The molecule has 8 nitrogen and oxygen atoms in total. The molecule has 0 unspecified atom stereocenters. The van der Waals surface area contributed by atoms with Gasteiger partial charge in [0.2, 0.25) is 11.8 Å². The second kappa shape index (κ2) is 13.3. The molecule has 1 amide bonds. The molecule has 0 saturated carbocycles. The Morgan fingerprint density at radius 1 is 1.28 bits per heavy atom. The summed E-state index contributed by atoms with van der Waals surface area (Å²) in [6.07, 6.45) is 2.24. The van der Waals surface area contributed by atoms with Crippen LogP contribution in [0.4, 0.5) is 0 Å². The molecule has 2 heterocycles. The Labute approximate surface area is 207 Å². The Morgan fingerprint density at radius 2 is 2.16 bits per heavy atom. The number of amides is 1. The lowest BCUT2D eigenvalue weighted by Crippen LogP contribution is -2.31. The zero-order valence-corrected chi connectivity index (χ0v) is 21.0. The number of benzene rings is 1. The van der Waals surface area contributed by atoms with Gasteiger partial charge in [-0.15, -0.1) is 11.6 Å². The molecule has 1 fully saturated rings. The number of nitrogens with zero attached hydrogens (tertiary/aromatic N) is 2. The van der Waals surface area contributed by atoms with Crippen molar-refractivity contribution in [1.29, 1.82) is 5.26 Å². The van der Waals surface area contributed by atoms with Gasteiger partial charge < -0.3 is 24.3 Å². The van der Waals surface area contributed by atoms with Gasteiger partial charge in [-0.05, 0) is 51.2 Å². The van der Waals surface area contributed by atoms with E-state index in [2.05, 4.69) is 37.6 Å². The predicted molar refractivity (Wildman–Crippen MR) is 131 cm³/mol. The van der Waals surface area contributed by atoms with Crippen molar-refractivity contribution in [3.63, 3.8) is 0 Å². The molecule has 11 heteroatoms. The molecule has 1 aliphatic heterocycles. The minimum Gasteiger partial charge on any atom is -0.475 e. The first-order valence-electron chi connectivity index (χ1n) is 10.00. The summed E-state index contributed by atoms with van der Waals surface area (Å²) in [5, 5.41) is 13.9. The van der Waals surface area contributed by atoms with Crippen LogP contribution in [0.5, 0.6) is 11.6 Å². The molecule has 0 spiro atoms. The number of rotatable bonds is 13. The Bertz CT molecular complexity index is 961. The first kappa shape index (κ1) is 25.1. The van der Waals surface area contributed by atoms with Crippen molar-refractivity contribution in [1.82, 2.24) is 10.3 Å². The van der Waals surface area contributed by atoms with E-state index in [0.29, 0.717) is 49.3 Å². The number of alkyl halides is 1.